The van der Waals surface area contributed by atoms with Crippen molar-refractivity contribution in [1.82, 2.24) is 5.43 Å². The fraction of sp³-hybridized carbons (Fsp3) is 0.0909. The van der Waals surface area contributed by atoms with Gasteiger partial charge in [-0.05, 0) is 80.5 Å². The summed E-state index contributed by atoms with van der Waals surface area (Å²) in [5.41, 5.74) is 4.14. The SMILES string of the molecule is COc1cc(/C=N\NC(=O)c2cccc(I)c2)cc(Br)c1OCc1ccccc1F. The van der Waals surface area contributed by atoms with Crippen LogP contribution in [0.4, 0.5) is 4.39 Å². The number of amides is 1. The van der Waals surface area contributed by atoms with E-state index in [1.54, 1.807) is 42.5 Å². The van der Waals surface area contributed by atoms with E-state index >= 15 is 0 Å². The summed E-state index contributed by atoms with van der Waals surface area (Å²) in [6, 6.07) is 17.1. The van der Waals surface area contributed by atoms with E-state index < -0.39 is 0 Å². The van der Waals surface area contributed by atoms with E-state index in [2.05, 4.69) is 49.0 Å². The first kappa shape index (κ1) is 22.2. The van der Waals surface area contributed by atoms with E-state index in [0.717, 1.165) is 3.57 Å². The third kappa shape index (κ3) is 5.79. The molecule has 0 radical (unpaired) electrons. The average Bonchev–Trinajstić information content (AvgIpc) is 2.73. The van der Waals surface area contributed by atoms with Crippen LogP contribution >= 0.6 is 38.5 Å². The van der Waals surface area contributed by atoms with Crippen molar-refractivity contribution in [1.29, 1.82) is 0 Å². The van der Waals surface area contributed by atoms with Gasteiger partial charge in [-0.15, -0.1) is 0 Å². The Morgan fingerprint density at radius 3 is 2.73 bits per heavy atom. The number of hydrogen-bond acceptors (Lipinski definition) is 4. The highest BCUT2D eigenvalue weighted by Gasteiger charge is 2.13. The molecule has 0 unspecified atom stereocenters. The Kier molecular flexibility index (Phi) is 7.81. The van der Waals surface area contributed by atoms with Gasteiger partial charge in [0.05, 0.1) is 17.8 Å². The van der Waals surface area contributed by atoms with E-state index in [1.807, 2.05) is 12.1 Å². The van der Waals surface area contributed by atoms with Gasteiger partial charge in [-0.1, -0.05) is 24.3 Å². The first-order chi connectivity index (χ1) is 14.5. The number of carbonyl (C=O) groups is 1. The Labute approximate surface area is 195 Å². The molecule has 8 heteroatoms. The average molecular weight is 583 g/mol. The zero-order valence-corrected chi connectivity index (χ0v) is 19.6. The van der Waals surface area contributed by atoms with Crippen LogP contribution in [0.3, 0.4) is 0 Å². The van der Waals surface area contributed by atoms with E-state index in [0.29, 0.717) is 32.7 Å². The number of ether oxygens (including phenoxy) is 2. The third-order valence-corrected chi connectivity index (χ3v) is 5.31. The Bertz CT molecular complexity index is 1090. The fourth-order valence-corrected chi connectivity index (χ4v) is 3.70. The number of hydrogen-bond donors (Lipinski definition) is 1. The van der Waals surface area contributed by atoms with Gasteiger partial charge in [0, 0.05) is 14.7 Å². The molecule has 0 spiro atoms. The van der Waals surface area contributed by atoms with Gasteiger partial charge >= 0.3 is 0 Å². The molecule has 0 aromatic heterocycles. The number of methoxy groups -OCH3 is 1. The molecule has 154 valence electrons. The van der Waals surface area contributed by atoms with Crippen molar-refractivity contribution >= 4 is 50.6 Å². The van der Waals surface area contributed by atoms with Crippen molar-refractivity contribution in [3.63, 3.8) is 0 Å². The topological polar surface area (TPSA) is 59.9 Å². The molecule has 3 rings (SSSR count). The molecule has 0 heterocycles. The summed E-state index contributed by atoms with van der Waals surface area (Å²) in [6.07, 6.45) is 1.50. The van der Waals surface area contributed by atoms with Crippen LogP contribution < -0.4 is 14.9 Å². The number of carbonyl (C=O) groups excluding carboxylic acids is 1. The molecule has 1 N–H and O–H groups in total. The second-order valence-electron chi connectivity index (χ2n) is 6.12. The summed E-state index contributed by atoms with van der Waals surface area (Å²) in [6.45, 7) is 0.0565. The lowest BCUT2D eigenvalue weighted by molar-refractivity contribution is 0.0955. The lowest BCUT2D eigenvalue weighted by atomic mass is 10.2. The maximum absolute atomic E-state index is 13.8. The summed E-state index contributed by atoms with van der Waals surface area (Å²) in [5.74, 6) is 0.257. The van der Waals surface area contributed by atoms with E-state index in [9.17, 15) is 9.18 Å². The van der Waals surface area contributed by atoms with Crippen LogP contribution in [0.5, 0.6) is 11.5 Å². The predicted octanol–water partition coefficient (Wildman–Crippen LogP) is 5.54. The number of nitrogens with zero attached hydrogens (tertiary/aromatic N) is 1. The normalized spacial score (nSPS) is 10.8. The number of hydrazone groups is 1. The fourth-order valence-electron chi connectivity index (χ4n) is 2.58. The van der Waals surface area contributed by atoms with Gasteiger partial charge in [0.15, 0.2) is 11.5 Å². The molecule has 0 aliphatic heterocycles. The molecular formula is C22H17BrFIN2O3. The Balaban J connectivity index is 1.71. The van der Waals surface area contributed by atoms with Gasteiger partial charge < -0.3 is 9.47 Å². The number of benzene rings is 3. The maximum Gasteiger partial charge on any atom is 0.271 e. The van der Waals surface area contributed by atoms with Crippen molar-refractivity contribution in [2.45, 2.75) is 6.61 Å². The van der Waals surface area contributed by atoms with Crippen LogP contribution in [-0.2, 0) is 6.61 Å². The molecule has 5 nitrogen and oxygen atoms in total. The van der Waals surface area contributed by atoms with Crippen LogP contribution in [0.15, 0.2) is 70.2 Å². The molecule has 3 aromatic carbocycles. The highest BCUT2D eigenvalue weighted by Crippen LogP contribution is 2.37. The molecule has 0 atom stereocenters. The summed E-state index contributed by atoms with van der Waals surface area (Å²) in [7, 11) is 1.51. The lowest BCUT2D eigenvalue weighted by Crippen LogP contribution is -2.17. The van der Waals surface area contributed by atoms with Crippen LogP contribution in [0.2, 0.25) is 0 Å². The first-order valence-electron chi connectivity index (χ1n) is 8.80. The van der Waals surface area contributed by atoms with Gasteiger partial charge in [-0.3, -0.25) is 4.79 Å². The molecule has 0 saturated heterocycles. The van der Waals surface area contributed by atoms with E-state index in [-0.39, 0.29) is 18.3 Å². The van der Waals surface area contributed by atoms with E-state index in [4.69, 9.17) is 9.47 Å². The second-order valence-corrected chi connectivity index (χ2v) is 8.22. The standard InChI is InChI=1S/C22H17BrFIN2O3/c1-29-20-10-14(12-26-27-22(28)15-6-4-7-17(25)11-15)9-18(23)21(20)30-13-16-5-2-3-8-19(16)24/h2-12H,13H2,1H3,(H,27,28)/b26-12-. The summed E-state index contributed by atoms with van der Waals surface area (Å²) < 4.78 is 26.6. The molecule has 1 amide bonds. The quantitative estimate of drug-likeness (QED) is 0.226. The monoisotopic (exact) mass is 582 g/mol. The Hall–Kier alpha value is -2.46. The zero-order valence-electron chi connectivity index (χ0n) is 15.9. The van der Waals surface area contributed by atoms with Gasteiger partial charge in [0.1, 0.15) is 12.4 Å². The van der Waals surface area contributed by atoms with Crippen molar-refractivity contribution in [2.75, 3.05) is 7.11 Å². The van der Waals surface area contributed by atoms with Crippen molar-refractivity contribution in [3.05, 3.63) is 91.2 Å². The molecule has 3 aromatic rings. The van der Waals surface area contributed by atoms with Crippen LogP contribution in [0.25, 0.3) is 0 Å². The van der Waals surface area contributed by atoms with Gasteiger partial charge in [0.25, 0.3) is 5.91 Å². The van der Waals surface area contributed by atoms with Crippen molar-refractivity contribution in [3.8, 4) is 11.5 Å². The van der Waals surface area contributed by atoms with Crippen LogP contribution in [0, 0.1) is 9.39 Å². The van der Waals surface area contributed by atoms with Gasteiger partial charge in [0.2, 0.25) is 0 Å². The molecule has 0 bridgehead atoms. The lowest BCUT2D eigenvalue weighted by Gasteiger charge is -2.14. The van der Waals surface area contributed by atoms with Gasteiger partial charge in [-0.2, -0.15) is 5.10 Å². The number of rotatable bonds is 7. The maximum atomic E-state index is 13.8. The minimum atomic E-state index is -0.333. The van der Waals surface area contributed by atoms with E-state index in [1.165, 1.54) is 19.4 Å². The largest absolute Gasteiger partial charge is 0.493 e. The van der Waals surface area contributed by atoms with Gasteiger partial charge in [-0.25, -0.2) is 9.82 Å². The predicted molar refractivity (Wildman–Crippen MR) is 126 cm³/mol. The Morgan fingerprint density at radius 1 is 1.20 bits per heavy atom. The third-order valence-electron chi connectivity index (χ3n) is 4.05. The van der Waals surface area contributed by atoms with Crippen LogP contribution in [0.1, 0.15) is 21.5 Å². The first-order valence-corrected chi connectivity index (χ1v) is 10.7. The highest BCUT2D eigenvalue weighted by molar-refractivity contribution is 14.1. The Morgan fingerprint density at radius 2 is 2.00 bits per heavy atom. The molecule has 30 heavy (non-hydrogen) atoms. The van der Waals surface area contributed by atoms with Crippen LogP contribution in [-0.4, -0.2) is 19.2 Å². The zero-order chi connectivity index (χ0) is 21.5. The minimum Gasteiger partial charge on any atom is -0.493 e. The summed E-state index contributed by atoms with van der Waals surface area (Å²) >= 11 is 5.59. The number of nitrogens with one attached hydrogen (secondary N) is 1. The second kappa shape index (κ2) is 10.5. The minimum absolute atomic E-state index is 0.0565. The molecule has 0 saturated carbocycles. The smallest absolute Gasteiger partial charge is 0.271 e. The highest BCUT2D eigenvalue weighted by atomic mass is 127. The van der Waals surface area contributed by atoms with Crippen molar-refractivity contribution < 1.29 is 18.7 Å². The molecule has 0 aliphatic carbocycles. The number of halogens is 3. The molecule has 0 aliphatic rings. The molecular weight excluding hydrogens is 566 g/mol. The summed E-state index contributed by atoms with van der Waals surface area (Å²) in [4.78, 5) is 12.2. The van der Waals surface area contributed by atoms with Crippen molar-refractivity contribution in [2.24, 2.45) is 5.10 Å². The summed E-state index contributed by atoms with van der Waals surface area (Å²) in [5, 5.41) is 4.01. The molecule has 0 fully saturated rings.